The first-order valence-electron chi connectivity index (χ1n) is 4.06. The molecule has 0 heterocycles. The average molecular weight is 172 g/mol. The van der Waals surface area contributed by atoms with Gasteiger partial charge in [0.2, 0.25) is 11.8 Å². The molecule has 0 aromatic heterocycles. The highest BCUT2D eigenvalue weighted by Crippen LogP contribution is 1.81. The van der Waals surface area contributed by atoms with E-state index in [2.05, 4.69) is 5.32 Å². The van der Waals surface area contributed by atoms with E-state index >= 15 is 0 Å². The number of hydrogen-bond acceptors (Lipinski definition) is 2. The van der Waals surface area contributed by atoms with Gasteiger partial charge in [-0.1, -0.05) is 6.92 Å². The summed E-state index contributed by atoms with van der Waals surface area (Å²) in [5, 5.41) is 2.69. The molecule has 0 atom stereocenters. The number of carbonyl (C=O) groups excluding carboxylic acids is 2. The molecular weight excluding hydrogens is 156 g/mol. The van der Waals surface area contributed by atoms with Gasteiger partial charge in [-0.3, -0.25) is 9.59 Å². The molecule has 0 fully saturated rings. The Labute approximate surface area is 72.9 Å². The van der Waals surface area contributed by atoms with Gasteiger partial charge in [0.1, 0.15) is 0 Å². The predicted octanol–water partition coefficient (Wildman–Crippen LogP) is -0.00910. The smallest absolute Gasteiger partial charge is 0.219 e. The van der Waals surface area contributed by atoms with Crippen LogP contribution in [0.4, 0.5) is 0 Å². The Morgan fingerprint density at radius 2 is 2.00 bits per heavy atom. The van der Waals surface area contributed by atoms with Gasteiger partial charge in [-0.25, -0.2) is 0 Å². The van der Waals surface area contributed by atoms with E-state index in [-0.39, 0.29) is 11.8 Å². The van der Waals surface area contributed by atoms with Crippen molar-refractivity contribution in [1.29, 1.82) is 0 Å². The van der Waals surface area contributed by atoms with Gasteiger partial charge in [0.05, 0.1) is 0 Å². The molecule has 0 aromatic rings. The maximum absolute atomic E-state index is 10.7. The molecule has 0 spiro atoms. The van der Waals surface area contributed by atoms with Crippen LogP contribution in [0.2, 0.25) is 0 Å². The zero-order valence-electron chi connectivity index (χ0n) is 7.89. The second-order valence-electron chi connectivity index (χ2n) is 2.64. The molecule has 0 saturated carbocycles. The summed E-state index contributed by atoms with van der Waals surface area (Å²) in [7, 11) is 1.71. The lowest BCUT2D eigenvalue weighted by Gasteiger charge is -2.14. The minimum absolute atomic E-state index is 0.0146. The fraction of sp³-hybridized carbons (Fsp3) is 0.750. The van der Waals surface area contributed by atoms with Crippen LogP contribution in [-0.4, -0.2) is 36.9 Å². The van der Waals surface area contributed by atoms with E-state index in [1.54, 1.807) is 18.9 Å². The van der Waals surface area contributed by atoms with Gasteiger partial charge >= 0.3 is 0 Å². The van der Waals surface area contributed by atoms with E-state index in [0.717, 1.165) is 0 Å². The van der Waals surface area contributed by atoms with E-state index in [1.165, 1.54) is 6.92 Å². The van der Waals surface area contributed by atoms with Crippen LogP contribution in [0.5, 0.6) is 0 Å². The van der Waals surface area contributed by atoms with E-state index in [4.69, 9.17) is 0 Å². The van der Waals surface area contributed by atoms with Crippen LogP contribution in [0.1, 0.15) is 20.3 Å². The highest BCUT2D eigenvalue weighted by atomic mass is 16.2. The third-order valence-corrected chi connectivity index (χ3v) is 1.63. The van der Waals surface area contributed by atoms with Crippen LogP contribution in [0.3, 0.4) is 0 Å². The zero-order valence-corrected chi connectivity index (χ0v) is 7.89. The average Bonchev–Trinajstić information content (AvgIpc) is 2.03. The van der Waals surface area contributed by atoms with Gasteiger partial charge in [0.15, 0.2) is 0 Å². The zero-order chi connectivity index (χ0) is 9.56. The molecule has 1 N–H and O–H groups in total. The van der Waals surface area contributed by atoms with Crippen molar-refractivity contribution in [1.82, 2.24) is 10.2 Å². The predicted molar refractivity (Wildman–Crippen MR) is 46.6 cm³/mol. The summed E-state index contributed by atoms with van der Waals surface area (Å²) in [4.78, 5) is 23.0. The Hall–Kier alpha value is -1.06. The summed E-state index contributed by atoms with van der Waals surface area (Å²) in [6.45, 7) is 4.40. The second-order valence-corrected chi connectivity index (χ2v) is 2.64. The van der Waals surface area contributed by atoms with Crippen LogP contribution in [0.25, 0.3) is 0 Å². The van der Waals surface area contributed by atoms with Crippen molar-refractivity contribution < 1.29 is 9.59 Å². The Bertz CT molecular complexity index is 168. The number of nitrogens with one attached hydrogen (secondary N) is 1. The maximum Gasteiger partial charge on any atom is 0.219 e. The second kappa shape index (κ2) is 5.57. The molecule has 70 valence electrons. The molecule has 0 aromatic carbocycles. The van der Waals surface area contributed by atoms with Gasteiger partial charge in [-0.05, 0) is 0 Å². The minimum atomic E-state index is 0.0146. The van der Waals surface area contributed by atoms with Crippen LogP contribution < -0.4 is 5.32 Å². The van der Waals surface area contributed by atoms with Gasteiger partial charge < -0.3 is 10.2 Å². The summed E-state index contributed by atoms with van der Waals surface area (Å²) in [6, 6.07) is 0. The van der Waals surface area contributed by atoms with Crippen molar-refractivity contribution in [3.8, 4) is 0 Å². The number of hydrogen-bond donors (Lipinski definition) is 1. The third-order valence-electron chi connectivity index (χ3n) is 1.63. The molecule has 0 unspecified atom stereocenters. The van der Waals surface area contributed by atoms with Crippen LogP contribution in [0.15, 0.2) is 0 Å². The number of likely N-dealkylation sites (N-methyl/N-ethyl adjacent to an activating group) is 1. The van der Waals surface area contributed by atoms with E-state index < -0.39 is 0 Å². The van der Waals surface area contributed by atoms with E-state index in [1.807, 2.05) is 0 Å². The first-order valence-corrected chi connectivity index (χ1v) is 4.06. The number of rotatable bonds is 4. The molecular formula is C8H16N2O2. The Morgan fingerprint density at radius 3 is 2.42 bits per heavy atom. The topological polar surface area (TPSA) is 49.4 Å². The molecule has 2 amide bonds. The van der Waals surface area contributed by atoms with Gasteiger partial charge in [-0.2, -0.15) is 0 Å². The summed E-state index contributed by atoms with van der Waals surface area (Å²) in [6.07, 6.45) is 0.490. The minimum Gasteiger partial charge on any atom is -0.354 e. The first kappa shape index (κ1) is 10.9. The fourth-order valence-electron chi connectivity index (χ4n) is 0.645. The van der Waals surface area contributed by atoms with Crippen molar-refractivity contribution in [3.05, 3.63) is 0 Å². The van der Waals surface area contributed by atoms with Crippen molar-refractivity contribution in [2.45, 2.75) is 20.3 Å². The molecule has 0 saturated heterocycles. The highest BCUT2D eigenvalue weighted by molar-refractivity contribution is 5.75. The fourth-order valence-corrected chi connectivity index (χ4v) is 0.645. The monoisotopic (exact) mass is 172 g/mol. The summed E-state index contributed by atoms with van der Waals surface area (Å²) in [5.74, 6) is 0.0349. The number of carbonyl (C=O) groups is 2. The molecule has 0 aliphatic carbocycles. The Balaban J connectivity index is 3.43. The van der Waals surface area contributed by atoms with Gasteiger partial charge in [-0.15, -0.1) is 0 Å². The van der Waals surface area contributed by atoms with Crippen LogP contribution in [0, 0.1) is 0 Å². The SMILES string of the molecule is CCC(=O)NCCN(C)C(C)=O. The number of nitrogens with zero attached hydrogens (tertiary/aromatic N) is 1. The van der Waals surface area contributed by atoms with Crippen molar-refractivity contribution >= 4 is 11.8 Å². The van der Waals surface area contributed by atoms with E-state index in [9.17, 15) is 9.59 Å². The van der Waals surface area contributed by atoms with Crippen molar-refractivity contribution in [3.63, 3.8) is 0 Å². The van der Waals surface area contributed by atoms with Gasteiger partial charge in [0.25, 0.3) is 0 Å². The summed E-state index contributed by atoms with van der Waals surface area (Å²) in [5.41, 5.74) is 0. The standard InChI is InChI=1S/C8H16N2O2/c1-4-8(12)9-5-6-10(3)7(2)11/h4-6H2,1-3H3,(H,9,12). The molecule has 0 radical (unpaired) electrons. The molecule has 0 bridgehead atoms. The Kier molecular flexibility index (Phi) is 5.08. The van der Waals surface area contributed by atoms with Crippen LogP contribution >= 0.6 is 0 Å². The molecule has 0 aliphatic heterocycles. The largest absolute Gasteiger partial charge is 0.354 e. The third kappa shape index (κ3) is 4.71. The lowest BCUT2D eigenvalue weighted by molar-refractivity contribution is -0.128. The van der Waals surface area contributed by atoms with E-state index in [0.29, 0.717) is 19.5 Å². The normalized spacial score (nSPS) is 9.25. The first-order chi connectivity index (χ1) is 5.57. The maximum atomic E-state index is 10.7. The molecule has 4 heteroatoms. The van der Waals surface area contributed by atoms with Crippen molar-refractivity contribution in [2.24, 2.45) is 0 Å². The summed E-state index contributed by atoms with van der Waals surface area (Å²) < 4.78 is 0. The molecule has 0 aliphatic rings. The molecule has 0 rings (SSSR count). The molecule has 12 heavy (non-hydrogen) atoms. The lowest BCUT2D eigenvalue weighted by atomic mass is 10.4. The summed E-state index contributed by atoms with van der Waals surface area (Å²) >= 11 is 0. The van der Waals surface area contributed by atoms with Crippen molar-refractivity contribution in [2.75, 3.05) is 20.1 Å². The molecule has 4 nitrogen and oxygen atoms in total. The lowest BCUT2D eigenvalue weighted by Crippen LogP contribution is -2.34. The van der Waals surface area contributed by atoms with Gasteiger partial charge in [0, 0.05) is 33.5 Å². The number of amides is 2. The highest BCUT2D eigenvalue weighted by Gasteiger charge is 2.01. The van der Waals surface area contributed by atoms with Crippen LogP contribution in [-0.2, 0) is 9.59 Å². The quantitative estimate of drug-likeness (QED) is 0.648. The Morgan fingerprint density at radius 1 is 1.42 bits per heavy atom.